The van der Waals surface area contributed by atoms with Crippen molar-refractivity contribution in [3.63, 3.8) is 0 Å². The molecule has 0 spiro atoms. The van der Waals surface area contributed by atoms with E-state index in [0.29, 0.717) is 5.82 Å². The maximum Gasteiger partial charge on any atom is 0.193 e. The molecule has 0 atom stereocenters. The van der Waals surface area contributed by atoms with E-state index in [2.05, 4.69) is 15.0 Å². The molecule has 0 bridgehead atoms. The van der Waals surface area contributed by atoms with Gasteiger partial charge in [-0.3, -0.25) is 4.98 Å². The summed E-state index contributed by atoms with van der Waals surface area (Å²) >= 11 is 11.8. The highest BCUT2D eigenvalue weighted by Gasteiger charge is 2.12. The van der Waals surface area contributed by atoms with Crippen LogP contribution in [0.15, 0.2) is 24.5 Å². The highest BCUT2D eigenvalue weighted by Crippen LogP contribution is 2.31. The van der Waals surface area contributed by atoms with E-state index in [-0.39, 0.29) is 16.1 Å². The van der Waals surface area contributed by atoms with Crippen molar-refractivity contribution in [2.75, 3.05) is 7.11 Å². The van der Waals surface area contributed by atoms with Crippen molar-refractivity contribution in [1.29, 1.82) is 0 Å². The Kier molecular flexibility index (Phi) is 3.22. The van der Waals surface area contributed by atoms with Crippen LogP contribution in [-0.2, 0) is 0 Å². The third kappa shape index (κ3) is 2.08. The fourth-order valence-electron chi connectivity index (χ4n) is 1.20. The molecule has 0 radical (unpaired) electrons. The van der Waals surface area contributed by atoms with Crippen LogP contribution in [0.1, 0.15) is 0 Å². The smallest absolute Gasteiger partial charge is 0.193 e. The van der Waals surface area contributed by atoms with Crippen LogP contribution in [0.25, 0.3) is 11.4 Å². The summed E-state index contributed by atoms with van der Waals surface area (Å²) in [7, 11) is 1.46. The van der Waals surface area contributed by atoms with Gasteiger partial charge in [0, 0.05) is 18.0 Å². The van der Waals surface area contributed by atoms with Crippen molar-refractivity contribution in [3.05, 3.63) is 34.8 Å². The lowest BCUT2D eigenvalue weighted by molar-refractivity contribution is 0.411. The lowest BCUT2D eigenvalue weighted by atomic mass is 10.2. The molecular weight excluding hydrogens is 249 g/mol. The Labute approximate surface area is 102 Å². The molecule has 2 aromatic rings. The van der Waals surface area contributed by atoms with Gasteiger partial charge < -0.3 is 4.74 Å². The van der Waals surface area contributed by atoms with Gasteiger partial charge in [0.15, 0.2) is 21.9 Å². The Morgan fingerprint density at radius 3 is 2.12 bits per heavy atom. The molecule has 0 unspecified atom stereocenters. The lowest BCUT2D eigenvalue weighted by Crippen LogP contribution is -1.95. The van der Waals surface area contributed by atoms with Crippen LogP contribution in [0.5, 0.6) is 5.75 Å². The predicted octanol–water partition coefficient (Wildman–Crippen LogP) is 2.85. The predicted molar refractivity (Wildman–Crippen MR) is 61.8 cm³/mol. The molecule has 2 heterocycles. The van der Waals surface area contributed by atoms with Gasteiger partial charge in [-0.05, 0) is 12.1 Å². The summed E-state index contributed by atoms with van der Waals surface area (Å²) < 4.78 is 4.97. The molecule has 0 aromatic carbocycles. The van der Waals surface area contributed by atoms with Gasteiger partial charge >= 0.3 is 0 Å². The molecule has 0 saturated carbocycles. The molecule has 82 valence electrons. The van der Waals surface area contributed by atoms with Gasteiger partial charge in [0.1, 0.15) is 0 Å². The van der Waals surface area contributed by atoms with E-state index in [9.17, 15) is 0 Å². The van der Waals surface area contributed by atoms with Crippen molar-refractivity contribution in [2.45, 2.75) is 0 Å². The zero-order valence-electron chi connectivity index (χ0n) is 8.32. The van der Waals surface area contributed by atoms with E-state index in [1.165, 1.54) is 7.11 Å². The second-order valence-corrected chi connectivity index (χ2v) is 3.61. The summed E-state index contributed by atoms with van der Waals surface area (Å²) in [5.74, 6) is 0.722. The molecule has 2 rings (SSSR count). The summed E-state index contributed by atoms with van der Waals surface area (Å²) in [4.78, 5) is 12.1. The molecular formula is C10H7Cl2N3O. The van der Waals surface area contributed by atoms with Crippen molar-refractivity contribution in [2.24, 2.45) is 0 Å². The molecule has 0 fully saturated rings. The first-order chi connectivity index (χ1) is 7.72. The van der Waals surface area contributed by atoms with E-state index in [1.807, 2.05) is 0 Å². The highest BCUT2D eigenvalue weighted by atomic mass is 35.5. The summed E-state index contributed by atoms with van der Waals surface area (Å²) in [5, 5.41) is 0.378. The first-order valence-corrected chi connectivity index (χ1v) is 5.15. The number of ether oxygens (including phenoxy) is 1. The number of hydrogen-bond donors (Lipinski definition) is 0. The Bertz CT molecular complexity index is 482. The Balaban J connectivity index is 2.53. The molecule has 4 nitrogen and oxygen atoms in total. The number of methoxy groups -OCH3 is 1. The SMILES string of the molecule is COc1c(Cl)nc(-c2ccncc2)nc1Cl. The second kappa shape index (κ2) is 4.63. The van der Waals surface area contributed by atoms with Crippen molar-refractivity contribution < 1.29 is 4.74 Å². The minimum Gasteiger partial charge on any atom is -0.491 e. The average molecular weight is 256 g/mol. The maximum atomic E-state index is 5.91. The zero-order valence-corrected chi connectivity index (χ0v) is 9.83. The largest absolute Gasteiger partial charge is 0.491 e. The van der Waals surface area contributed by atoms with Crippen LogP contribution in [0, 0.1) is 0 Å². The van der Waals surface area contributed by atoms with Crippen LogP contribution in [0.2, 0.25) is 10.3 Å². The van der Waals surface area contributed by atoms with Crippen LogP contribution >= 0.6 is 23.2 Å². The molecule has 16 heavy (non-hydrogen) atoms. The second-order valence-electron chi connectivity index (χ2n) is 2.90. The Hall–Kier alpha value is -1.39. The lowest BCUT2D eigenvalue weighted by Gasteiger charge is -2.06. The number of hydrogen-bond acceptors (Lipinski definition) is 4. The number of halogens is 2. The van der Waals surface area contributed by atoms with Crippen LogP contribution in [-0.4, -0.2) is 22.1 Å². The summed E-state index contributed by atoms with van der Waals surface area (Å²) in [6.07, 6.45) is 3.29. The number of pyridine rings is 1. The summed E-state index contributed by atoms with van der Waals surface area (Å²) in [6, 6.07) is 3.54. The molecule has 0 aliphatic carbocycles. The molecule has 0 N–H and O–H groups in total. The summed E-state index contributed by atoms with van der Waals surface area (Å²) in [5.41, 5.74) is 0.793. The van der Waals surface area contributed by atoms with E-state index < -0.39 is 0 Å². The monoisotopic (exact) mass is 255 g/mol. The van der Waals surface area contributed by atoms with E-state index in [4.69, 9.17) is 27.9 Å². The van der Waals surface area contributed by atoms with Gasteiger partial charge in [0.25, 0.3) is 0 Å². The van der Waals surface area contributed by atoms with E-state index in [0.717, 1.165) is 5.56 Å². The van der Waals surface area contributed by atoms with E-state index in [1.54, 1.807) is 24.5 Å². The van der Waals surface area contributed by atoms with Crippen molar-refractivity contribution >= 4 is 23.2 Å². The fraction of sp³-hybridized carbons (Fsp3) is 0.100. The molecule has 0 saturated heterocycles. The van der Waals surface area contributed by atoms with Gasteiger partial charge in [0.2, 0.25) is 0 Å². The molecule has 0 amide bonds. The van der Waals surface area contributed by atoms with Gasteiger partial charge in [0.05, 0.1) is 7.11 Å². The molecule has 2 aromatic heterocycles. The fourth-order valence-corrected chi connectivity index (χ4v) is 1.74. The Morgan fingerprint density at radius 2 is 1.62 bits per heavy atom. The first kappa shape index (κ1) is 11.1. The van der Waals surface area contributed by atoms with Crippen LogP contribution in [0.3, 0.4) is 0 Å². The molecule has 6 heteroatoms. The van der Waals surface area contributed by atoms with Crippen molar-refractivity contribution in [1.82, 2.24) is 15.0 Å². The molecule has 0 aliphatic heterocycles. The average Bonchev–Trinajstić information content (AvgIpc) is 2.30. The minimum atomic E-state index is 0.189. The minimum absolute atomic E-state index is 0.189. The zero-order chi connectivity index (χ0) is 11.5. The van der Waals surface area contributed by atoms with Gasteiger partial charge in [-0.2, -0.15) is 0 Å². The third-order valence-corrected chi connectivity index (χ3v) is 2.44. The summed E-state index contributed by atoms with van der Waals surface area (Å²) in [6.45, 7) is 0. The first-order valence-electron chi connectivity index (χ1n) is 4.40. The molecule has 0 aliphatic rings. The van der Waals surface area contributed by atoms with E-state index >= 15 is 0 Å². The van der Waals surface area contributed by atoms with Crippen LogP contribution in [0.4, 0.5) is 0 Å². The normalized spacial score (nSPS) is 10.2. The number of rotatable bonds is 2. The van der Waals surface area contributed by atoms with Gasteiger partial charge in [-0.1, -0.05) is 23.2 Å². The number of nitrogens with zero attached hydrogens (tertiary/aromatic N) is 3. The van der Waals surface area contributed by atoms with Crippen molar-refractivity contribution in [3.8, 4) is 17.1 Å². The quantitative estimate of drug-likeness (QED) is 0.775. The number of aromatic nitrogens is 3. The topological polar surface area (TPSA) is 47.9 Å². The van der Waals surface area contributed by atoms with Gasteiger partial charge in [-0.25, -0.2) is 9.97 Å². The maximum absolute atomic E-state index is 5.91. The third-order valence-electron chi connectivity index (χ3n) is 1.93. The van der Waals surface area contributed by atoms with Crippen LogP contribution < -0.4 is 4.74 Å². The standard InChI is InChI=1S/C10H7Cl2N3O/c1-16-7-8(11)14-10(15-9(7)12)6-2-4-13-5-3-6/h2-5H,1H3. The Morgan fingerprint density at radius 1 is 1.06 bits per heavy atom. The van der Waals surface area contributed by atoms with Gasteiger partial charge in [-0.15, -0.1) is 0 Å². The highest BCUT2D eigenvalue weighted by molar-refractivity contribution is 6.35.